The number of rotatable bonds is 6. The van der Waals surface area contributed by atoms with Gasteiger partial charge in [0, 0.05) is 13.1 Å². The van der Waals surface area contributed by atoms with Crippen molar-refractivity contribution in [3.05, 3.63) is 23.8 Å². The van der Waals surface area contributed by atoms with Crippen LogP contribution in [0.1, 0.15) is 25.3 Å². The third-order valence-electron chi connectivity index (χ3n) is 4.78. The van der Waals surface area contributed by atoms with Crippen LogP contribution < -0.4 is 9.47 Å². The van der Waals surface area contributed by atoms with E-state index in [1.54, 1.807) is 30.0 Å². The molecule has 0 spiro atoms. The van der Waals surface area contributed by atoms with Crippen LogP contribution in [0.4, 0.5) is 0 Å². The molecule has 152 valence electrons. The van der Waals surface area contributed by atoms with Crippen molar-refractivity contribution >= 4 is 17.8 Å². The zero-order valence-corrected chi connectivity index (χ0v) is 16.0. The van der Waals surface area contributed by atoms with Gasteiger partial charge >= 0.3 is 11.9 Å². The highest BCUT2D eigenvalue weighted by molar-refractivity contribution is 5.82. The van der Waals surface area contributed by atoms with E-state index in [-0.39, 0.29) is 30.8 Å². The Balaban J connectivity index is 1.41. The van der Waals surface area contributed by atoms with Crippen molar-refractivity contribution in [3.63, 3.8) is 0 Å². The molecule has 0 unspecified atom stereocenters. The van der Waals surface area contributed by atoms with Crippen molar-refractivity contribution in [1.82, 2.24) is 4.90 Å². The van der Waals surface area contributed by atoms with Gasteiger partial charge in [0.1, 0.15) is 13.2 Å². The van der Waals surface area contributed by atoms with Gasteiger partial charge in [0.15, 0.2) is 18.1 Å². The van der Waals surface area contributed by atoms with Crippen molar-refractivity contribution in [3.8, 4) is 11.5 Å². The van der Waals surface area contributed by atoms with Crippen LogP contribution in [0.3, 0.4) is 0 Å². The summed E-state index contributed by atoms with van der Waals surface area (Å²) >= 11 is 0. The minimum atomic E-state index is -0.480. The Hall–Kier alpha value is -2.77. The van der Waals surface area contributed by atoms with Gasteiger partial charge in [0.25, 0.3) is 5.91 Å². The Kier molecular flexibility index (Phi) is 6.73. The first kappa shape index (κ1) is 20.0. The number of carbonyl (C=O) groups excluding carboxylic acids is 3. The average Bonchev–Trinajstić information content (AvgIpc) is 2.72. The molecule has 0 radical (unpaired) electrons. The predicted molar refractivity (Wildman–Crippen MR) is 98.0 cm³/mol. The second-order valence-electron chi connectivity index (χ2n) is 6.72. The van der Waals surface area contributed by atoms with Crippen LogP contribution in [0.2, 0.25) is 0 Å². The molecule has 3 rings (SSSR count). The Morgan fingerprint density at radius 2 is 1.79 bits per heavy atom. The van der Waals surface area contributed by atoms with E-state index in [0.717, 1.165) is 5.56 Å². The van der Waals surface area contributed by atoms with Crippen LogP contribution in [0.15, 0.2) is 18.2 Å². The van der Waals surface area contributed by atoms with Gasteiger partial charge < -0.3 is 23.8 Å². The number of nitrogens with zero attached hydrogens (tertiary/aromatic N) is 1. The van der Waals surface area contributed by atoms with E-state index in [2.05, 4.69) is 0 Å². The summed E-state index contributed by atoms with van der Waals surface area (Å²) in [5.74, 6) is 0.161. The summed E-state index contributed by atoms with van der Waals surface area (Å²) in [6, 6.07) is 5.28. The van der Waals surface area contributed by atoms with Crippen LogP contribution in [0, 0.1) is 5.92 Å². The van der Waals surface area contributed by atoms with Gasteiger partial charge in [0.2, 0.25) is 0 Å². The number of fused-ring (bicyclic) bond motifs is 1. The smallest absolute Gasteiger partial charge is 0.310 e. The summed E-state index contributed by atoms with van der Waals surface area (Å²) in [7, 11) is 0. The quantitative estimate of drug-likeness (QED) is 0.676. The van der Waals surface area contributed by atoms with Gasteiger partial charge in [-0.2, -0.15) is 0 Å². The summed E-state index contributed by atoms with van der Waals surface area (Å²) in [6.45, 7) is 3.74. The molecule has 0 N–H and O–H groups in total. The molecule has 1 saturated heterocycles. The van der Waals surface area contributed by atoms with Gasteiger partial charge in [0.05, 0.1) is 18.9 Å². The highest BCUT2D eigenvalue weighted by Crippen LogP contribution is 2.30. The first-order chi connectivity index (χ1) is 13.6. The molecule has 0 aliphatic carbocycles. The molecule has 1 fully saturated rings. The summed E-state index contributed by atoms with van der Waals surface area (Å²) < 4.78 is 21.1. The number of amides is 1. The maximum Gasteiger partial charge on any atom is 0.310 e. The van der Waals surface area contributed by atoms with Gasteiger partial charge in [-0.3, -0.25) is 14.4 Å². The van der Waals surface area contributed by atoms with Crippen LogP contribution in [-0.4, -0.2) is 62.3 Å². The largest absolute Gasteiger partial charge is 0.486 e. The minimum Gasteiger partial charge on any atom is -0.486 e. The standard InChI is InChI=1S/C20H25NO7/c1-2-25-20(24)15-5-7-21(8-6-15)18(22)13-28-19(23)12-14-3-4-16-17(11-14)27-10-9-26-16/h3-4,11,15H,2,5-10,12-13H2,1H3. The van der Waals surface area contributed by atoms with Crippen molar-refractivity contribution < 1.29 is 33.3 Å². The molecular weight excluding hydrogens is 366 g/mol. The third-order valence-corrected chi connectivity index (χ3v) is 4.78. The van der Waals surface area contributed by atoms with E-state index >= 15 is 0 Å². The number of ether oxygens (including phenoxy) is 4. The first-order valence-electron chi connectivity index (χ1n) is 9.55. The molecule has 0 saturated carbocycles. The topological polar surface area (TPSA) is 91.4 Å². The Morgan fingerprint density at radius 3 is 2.50 bits per heavy atom. The molecule has 2 heterocycles. The Morgan fingerprint density at radius 1 is 1.07 bits per heavy atom. The summed E-state index contributed by atoms with van der Waals surface area (Å²) in [5, 5.41) is 0. The van der Waals surface area contributed by atoms with E-state index in [9.17, 15) is 14.4 Å². The van der Waals surface area contributed by atoms with E-state index in [1.807, 2.05) is 0 Å². The van der Waals surface area contributed by atoms with Crippen molar-refractivity contribution in [2.24, 2.45) is 5.92 Å². The van der Waals surface area contributed by atoms with Crippen molar-refractivity contribution in [1.29, 1.82) is 0 Å². The molecule has 0 bridgehead atoms. The highest BCUT2D eigenvalue weighted by Gasteiger charge is 2.28. The molecule has 1 aromatic rings. The fraction of sp³-hybridized carbons (Fsp3) is 0.550. The lowest BCUT2D eigenvalue weighted by molar-refractivity contribution is -0.154. The SMILES string of the molecule is CCOC(=O)C1CCN(C(=O)COC(=O)Cc2ccc3c(c2)OCCO3)CC1. The van der Waals surface area contributed by atoms with Gasteiger partial charge in [-0.25, -0.2) is 0 Å². The van der Waals surface area contributed by atoms with E-state index in [0.29, 0.717) is 57.3 Å². The molecule has 2 aliphatic heterocycles. The maximum atomic E-state index is 12.2. The maximum absolute atomic E-state index is 12.2. The molecule has 0 aromatic heterocycles. The fourth-order valence-electron chi connectivity index (χ4n) is 3.27. The summed E-state index contributed by atoms with van der Waals surface area (Å²) in [5.41, 5.74) is 0.733. The van der Waals surface area contributed by atoms with E-state index in [1.165, 1.54) is 0 Å². The number of esters is 2. The van der Waals surface area contributed by atoms with E-state index < -0.39 is 5.97 Å². The first-order valence-corrected chi connectivity index (χ1v) is 9.55. The lowest BCUT2D eigenvalue weighted by Crippen LogP contribution is -2.42. The van der Waals surface area contributed by atoms with Gasteiger partial charge in [-0.15, -0.1) is 0 Å². The summed E-state index contributed by atoms with van der Waals surface area (Å²) in [6.07, 6.45) is 1.18. The van der Waals surface area contributed by atoms with Crippen LogP contribution in [0.25, 0.3) is 0 Å². The lowest BCUT2D eigenvalue weighted by Gasteiger charge is -2.30. The molecule has 2 aliphatic rings. The van der Waals surface area contributed by atoms with Crippen LogP contribution >= 0.6 is 0 Å². The van der Waals surface area contributed by atoms with E-state index in [4.69, 9.17) is 18.9 Å². The highest BCUT2D eigenvalue weighted by atomic mass is 16.6. The molecular formula is C20H25NO7. The fourth-order valence-corrected chi connectivity index (χ4v) is 3.27. The Labute approximate surface area is 163 Å². The molecule has 1 amide bonds. The van der Waals surface area contributed by atoms with Crippen molar-refractivity contribution in [2.45, 2.75) is 26.2 Å². The monoisotopic (exact) mass is 391 g/mol. The van der Waals surface area contributed by atoms with Crippen LogP contribution in [0.5, 0.6) is 11.5 Å². The predicted octanol–water partition coefficient (Wildman–Crippen LogP) is 1.35. The number of likely N-dealkylation sites (tertiary alicyclic amines) is 1. The third kappa shape index (κ3) is 5.15. The second kappa shape index (κ2) is 9.43. The average molecular weight is 391 g/mol. The molecule has 28 heavy (non-hydrogen) atoms. The Bertz CT molecular complexity index is 725. The number of hydrogen-bond donors (Lipinski definition) is 0. The molecule has 0 atom stereocenters. The lowest BCUT2D eigenvalue weighted by atomic mass is 9.97. The zero-order chi connectivity index (χ0) is 19.9. The summed E-state index contributed by atoms with van der Waals surface area (Å²) in [4.78, 5) is 37.7. The zero-order valence-electron chi connectivity index (χ0n) is 16.0. The minimum absolute atomic E-state index is 0.0504. The molecule has 1 aromatic carbocycles. The second-order valence-corrected chi connectivity index (χ2v) is 6.72. The van der Waals surface area contributed by atoms with Crippen LogP contribution in [-0.2, 0) is 30.3 Å². The van der Waals surface area contributed by atoms with Crippen molar-refractivity contribution in [2.75, 3.05) is 39.5 Å². The number of piperidine rings is 1. The normalized spacial score (nSPS) is 16.4. The van der Waals surface area contributed by atoms with Gasteiger partial charge in [-0.05, 0) is 37.5 Å². The molecule has 8 heteroatoms. The number of hydrogen-bond acceptors (Lipinski definition) is 7. The molecule has 8 nitrogen and oxygen atoms in total. The number of carbonyl (C=O) groups is 3. The van der Waals surface area contributed by atoms with Gasteiger partial charge in [-0.1, -0.05) is 6.07 Å². The number of benzene rings is 1.